The Morgan fingerprint density at radius 1 is 0.920 bits per heavy atom. The van der Waals surface area contributed by atoms with E-state index >= 15 is 0 Å². The predicted molar refractivity (Wildman–Crippen MR) is 103 cm³/mol. The zero-order chi connectivity index (χ0) is 17.2. The first-order chi connectivity index (χ1) is 12.2. The van der Waals surface area contributed by atoms with Gasteiger partial charge in [0.25, 0.3) is 0 Å². The van der Waals surface area contributed by atoms with Crippen LogP contribution in [-0.2, 0) is 6.54 Å². The molecular formula is C22H18ClN2+. The maximum atomic E-state index is 6.01. The molecule has 0 atom stereocenters. The number of benzene rings is 2. The second-order valence-electron chi connectivity index (χ2n) is 6.21. The lowest BCUT2D eigenvalue weighted by Crippen LogP contribution is -2.35. The lowest BCUT2D eigenvalue weighted by molar-refractivity contribution is -0.661. The molecule has 0 spiro atoms. The Labute approximate surface area is 152 Å². The summed E-state index contributed by atoms with van der Waals surface area (Å²) in [4.78, 5) is 4.68. The van der Waals surface area contributed by atoms with Crippen molar-refractivity contribution in [2.75, 3.05) is 0 Å². The van der Waals surface area contributed by atoms with Gasteiger partial charge in [-0.3, -0.25) is 4.98 Å². The number of fused-ring (bicyclic) bond motifs is 1. The Morgan fingerprint density at radius 3 is 2.52 bits per heavy atom. The highest BCUT2D eigenvalue weighted by Crippen LogP contribution is 2.21. The Bertz CT molecular complexity index is 1040. The third-order valence-corrected chi connectivity index (χ3v) is 4.55. The van der Waals surface area contributed by atoms with Gasteiger partial charge in [-0.05, 0) is 43.3 Å². The third-order valence-electron chi connectivity index (χ3n) is 4.30. The molecule has 0 aliphatic heterocycles. The molecule has 2 heterocycles. The summed E-state index contributed by atoms with van der Waals surface area (Å²) in [7, 11) is 0. The van der Waals surface area contributed by atoms with Crippen molar-refractivity contribution in [1.29, 1.82) is 0 Å². The van der Waals surface area contributed by atoms with Crippen LogP contribution in [0.15, 0.2) is 79.0 Å². The van der Waals surface area contributed by atoms with Crippen molar-refractivity contribution < 1.29 is 4.57 Å². The summed E-state index contributed by atoms with van der Waals surface area (Å²) >= 11 is 6.01. The summed E-state index contributed by atoms with van der Waals surface area (Å²) in [5.41, 5.74) is 5.56. The van der Waals surface area contributed by atoms with E-state index in [0.29, 0.717) is 0 Å². The zero-order valence-corrected chi connectivity index (χ0v) is 14.7. The van der Waals surface area contributed by atoms with Crippen LogP contribution < -0.4 is 4.57 Å². The van der Waals surface area contributed by atoms with E-state index in [1.165, 1.54) is 16.5 Å². The van der Waals surface area contributed by atoms with Gasteiger partial charge in [-0.25, -0.2) is 0 Å². The molecule has 0 saturated heterocycles. The summed E-state index contributed by atoms with van der Waals surface area (Å²) < 4.78 is 2.28. The van der Waals surface area contributed by atoms with Gasteiger partial charge in [-0.1, -0.05) is 41.9 Å². The highest BCUT2D eigenvalue weighted by molar-refractivity contribution is 6.30. The molecule has 122 valence electrons. The fraction of sp³-hybridized carbons (Fsp3) is 0.0909. The van der Waals surface area contributed by atoms with E-state index in [-0.39, 0.29) is 0 Å². The Kier molecular flexibility index (Phi) is 4.21. The Balaban J connectivity index is 1.85. The second-order valence-corrected chi connectivity index (χ2v) is 6.64. The average molecular weight is 346 g/mol. The number of aromatic nitrogens is 2. The number of pyridine rings is 2. The molecule has 2 aromatic carbocycles. The van der Waals surface area contributed by atoms with Crippen molar-refractivity contribution in [2.45, 2.75) is 13.5 Å². The van der Waals surface area contributed by atoms with Crippen LogP contribution in [0.3, 0.4) is 0 Å². The molecule has 3 heteroatoms. The lowest BCUT2D eigenvalue weighted by Gasteiger charge is -2.06. The number of aryl methyl sites for hydroxylation is 1. The molecule has 25 heavy (non-hydrogen) atoms. The molecule has 2 nitrogen and oxygen atoms in total. The maximum absolute atomic E-state index is 6.01. The SMILES string of the molecule is Cc1cccc(-c2cc3ccccc3[n+](Cc3ccc(Cl)cc3)c2)n1. The van der Waals surface area contributed by atoms with Crippen LogP contribution in [0.1, 0.15) is 11.3 Å². The van der Waals surface area contributed by atoms with Gasteiger partial charge in [-0.15, -0.1) is 0 Å². The van der Waals surface area contributed by atoms with Gasteiger partial charge in [0.15, 0.2) is 12.7 Å². The average Bonchev–Trinajstić information content (AvgIpc) is 2.63. The largest absolute Gasteiger partial charge is 0.253 e. The summed E-state index contributed by atoms with van der Waals surface area (Å²) in [6.07, 6.45) is 2.18. The van der Waals surface area contributed by atoms with Crippen LogP contribution in [0.5, 0.6) is 0 Å². The fourth-order valence-electron chi connectivity index (χ4n) is 3.07. The standard InChI is InChI=1S/C22H18ClN2/c1-16-5-4-7-21(24-16)19-13-18-6-2-3-8-22(18)25(15-19)14-17-9-11-20(23)12-10-17/h2-13,15H,14H2,1H3/q+1. The minimum Gasteiger partial charge on any atom is -0.253 e. The minimum atomic E-state index is 0.760. The number of halogens is 1. The van der Waals surface area contributed by atoms with Crippen LogP contribution in [0.4, 0.5) is 0 Å². The number of hydrogen-bond donors (Lipinski definition) is 0. The van der Waals surface area contributed by atoms with Gasteiger partial charge in [0, 0.05) is 27.7 Å². The fourth-order valence-corrected chi connectivity index (χ4v) is 3.20. The van der Waals surface area contributed by atoms with Gasteiger partial charge in [0.2, 0.25) is 5.52 Å². The van der Waals surface area contributed by atoms with Crippen molar-refractivity contribution in [3.63, 3.8) is 0 Å². The van der Waals surface area contributed by atoms with Gasteiger partial charge in [0.1, 0.15) is 0 Å². The molecule has 4 aromatic rings. The van der Waals surface area contributed by atoms with Gasteiger partial charge >= 0.3 is 0 Å². The maximum Gasteiger partial charge on any atom is 0.212 e. The minimum absolute atomic E-state index is 0.760. The third kappa shape index (κ3) is 3.40. The molecule has 0 saturated carbocycles. The highest BCUT2D eigenvalue weighted by Gasteiger charge is 2.14. The van der Waals surface area contributed by atoms with Crippen LogP contribution in [-0.4, -0.2) is 4.98 Å². The lowest BCUT2D eigenvalue weighted by atomic mass is 10.1. The van der Waals surface area contributed by atoms with Gasteiger partial charge in [-0.2, -0.15) is 4.57 Å². The van der Waals surface area contributed by atoms with E-state index in [9.17, 15) is 0 Å². The van der Waals surface area contributed by atoms with Crippen molar-refractivity contribution in [1.82, 2.24) is 4.98 Å². The van der Waals surface area contributed by atoms with Crippen LogP contribution in [0.2, 0.25) is 5.02 Å². The van der Waals surface area contributed by atoms with E-state index in [1.54, 1.807) is 0 Å². The van der Waals surface area contributed by atoms with E-state index in [1.807, 2.05) is 25.1 Å². The number of hydrogen-bond acceptors (Lipinski definition) is 1. The van der Waals surface area contributed by atoms with Crippen LogP contribution in [0, 0.1) is 6.92 Å². The molecule has 2 aromatic heterocycles. The first-order valence-electron chi connectivity index (χ1n) is 8.30. The zero-order valence-electron chi connectivity index (χ0n) is 14.0. The molecule has 0 amide bonds. The molecule has 0 aliphatic rings. The van der Waals surface area contributed by atoms with Crippen molar-refractivity contribution in [3.8, 4) is 11.3 Å². The summed E-state index contributed by atoms with van der Waals surface area (Å²) in [5.74, 6) is 0. The van der Waals surface area contributed by atoms with Gasteiger partial charge < -0.3 is 0 Å². The van der Waals surface area contributed by atoms with Crippen molar-refractivity contribution in [3.05, 3.63) is 95.3 Å². The second kappa shape index (κ2) is 6.66. The van der Waals surface area contributed by atoms with Crippen LogP contribution in [0.25, 0.3) is 22.2 Å². The normalized spacial score (nSPS) is 11.0. The van der Waals surface area contributed by atoms with E-state index in [2.05, 4.69) is 70.3 Å². The molecule has 0 fully saturated rings. The van der Waals surface area contributed by atoms with Crippen LogP contribution >= 0.6 is 11.6 Å². The molecule has 4 rings (SSSR count). The predicted octanol–water partition coefficient (Wildman–Crippen LogP) is 5.20. The number of nitrogens with zero attached hydrogens (tertiary/aromatic N) is 2. The summed E-state index contributed by atoms with van der Waals surface area (Å²) in [6.45, 7) is 2.81. The highest BCUT2D eigenvalue weighted by atomic mass is 35.5. The molecule has 0 unspecified atom stereocenters. The molecular weight excluding hydrogens is 328 g/mol. The van der Waals surface area contributed by atoms with E-state index in [4.69, 9.17) is 11.6 Å². The first-order valence-corrected chi connectivity index (χ1v) is 8.67. The molecule has 0 aliphatic carbocycles. The topological polar surface area (TPSA) is 16.8 Å². The monoisotopic (exact) mass is 345 g/mol. The van der Waals surface area contributed by atoms with Crippen molar-refractivity contribution >= 4 is 22.5 Å². The number of rotatable bonds is 3. The van der Waals surface area contributed by atoms with E-state index < -0.39 is 0 Å². The molecule has 0 bridgehead atoms. The number of para-hydroxylation sites is 1. The van der Waals surface area contributed by atoms with E-state index in [0.717, 1.165) is 28.5 Å². The smallest absolute Gasteiger partial charge is 0.212 e. The molecule has 0 N–H and O–H groups in total. The molecule has 0 radical (unpaired) electrons. The summed E-state index contributed by atoms with van der Waals surface area (Å²) in [5, 5.41) is 1.97. The summed E-state index contributed by atoms with van der Waals surface area (Å²) in [6, 6.07) is 24.8. The Morgan fingerprint density at radius 2 is 1.72 bits per heavy atom. The van der Waals surface area contributed by atoms with Gasteiger partial charge in [0.05, 0.1) is 11.3 Å². The quantitative estimate of drug-likeness (QED) is 0.466. The first kappa shape index (κ1) is 15.8. The Hall–Kier alpha value is -2.71. The van der Waals surface area contributed by atoms with Crippen molar-refractivity contribution in [2.24, 2.45) is 0 Å².